The molecule has 3 heteroatoms. The highest BCUT2D eigenvalue weighted by molar-refractivity contribution is 5.77. The maximum absolute atomic E-state index is 5.85. The Morgan fingerprint density at radius 2 is 1.78 bits per heavy atom. The zero-order valence-electron chi connectivity index (χ0n) is 10.2. The Hall–Kier alpha value is -2.13. The summed E-state index contributed by atoms with van der Waals surface area (Å²) < 4.78 is 2.08. The van der Waals surface area contributed by atoms with Crippen LogP contribution in [-0.4, -0.2) is 9.55 Å². The highest BCUT2D eigenvalue weighted by Crippen LogP contribution is 2.19. The average molecular weight is 237 g/mol. The number of benzene rings is 2. The first-order valence-electron chi connectivity index (χ1n) is 6.04. The molecule has 18 heavy (non-hydrogen) atoms. The number of nitrogens with zero attached hydrogens (tertiary/aromatic N) is 2. The van der Waals surface area contributed by atoms with E-state index in [4.69, 9.17) is 5.73 Å². The third-order valence-corrected chi connectivity index (χ3v) is 3.15. The molecule has 1 heterocycles. The van der Waals surface area contributed by atoms with Gasteiger partial charge in [0.15, 0.2) is 0 Å². The largest absolute Gasteiger partial charge is 0.324 e. The summed E-state index contributed by atoms with van der Waals surface area (Å²) in [7, 11) is 0. The number of hydrogen-bond acceptors (Lipinski definition) is 2. The van der Waals surface area contributed by atoms with E-state index in [9.17, 15) is 0 Å². The molecular formula is C15H15N3. The van der Waals surface area contributed by atoms with Gasteiger partial charge in [0.25, 0.3) is 0 Å². The fourth-order valence-electron chi connectivity index (χ4n) is 2.10. The van der Waals surface area contributed by atoms with Crippen molar-refractivity contribution >= 4 is 11.0 Å². The summed E-state index contributed by atoms with van der Waals surface area (Å²) in [6.45, 7) is 1.99. The van der Waals surface area contributed by atoms with Crippen molar-refractivity contribution < 1.29 is 0 Å². The van der Waals surface area contributed by atoms with Crippen LogP contribution in [0.15, 0.2) is 54.9 Å². The molecular weight excluding hydrogens is 222 g/mol. The molecule has 0 radical (unpaired) electrons. The average Bonchev–Trinajstić information content (AvgIpc) is 2.82. The van der Waals surface area contributed by atoms with Gasteiger partial charge in [0, 0.05) is 11.7 Å². The molecule has 2 aromatic carbocycles. The van der Waals surface area contributed by atoms with Gasteiger partial charge in [-0.1, -0.05) is 24.3 Å². The first-order valence-corrected chi connectivity index (χ1v) is 6.04. The van der Waals surface area contributed by atoms with E-state index in [1.165, 1.54) is 0 Å². The van der Waals surface area contributed by atoms with Gasteiger partial charge < -0.3 is 5.73 Å². The third-order valence-electron chi connectivity index (χ3n) is 3.15. The Labute approximate surface area is 106 Å². The van der Waals surface area contributed by atoms with Crippen molar-refractivity contribution in [2.75, 3.05) is 0 Å². The van der Waals surface area contributed by atoms with Gasteiger partial charge in [-0.2, -0.15) is 0 Å². The van der Waals surface area contributed by atoms with Gasteiger partial charge >= 0.3 is 0 Å². The molecule has 0 aliphatic heterocycles. The van der Waals surface area contributed by atoms with Gasteiger partial charge in [-0.05, 0) is 36.8 Å². The van der Waals surface area contributed by atoms with Crippen molar-refractivity contribution in [3.63, 3.8) is 0 Å². The number of nitrogens with two attached hydrogens (primary N) is 1. The standard InChI is InChI=1S/C15H15N3/c1-11(16)12-6-8-13(9-7-12)18-10-17-14-4-2-3-5-15(14)18/h2-11H,16H2,1H3/t11-/m1/s1. The van der Waals surface area contributed by atoms with Crippen LogP contribution >= 0.6 is 0 Å². The highest BCUT2D eigenvalue weighted by Gasteiger charge is 2.04. The van der Waals surface area contributed by atoms with Crippen molar-refractivity contribution in [2.45, 2.75) is 13.0 Å². The Kier molecular flexibility index (Phi) is 2.61. The van der Waals surface area contributed by atoms with E-state index in [0.717, 1.165) is 22.3 Å². The van der Waals surface area contributed by atoms with Crippen LogP contribution in [0.25, 0.3) is 16.7 Å². The molecule has 3 rings (SSSR count). The molecule has 0 saturated heterocycles. The normalized spacial score (nSPS) is 12.8. The SMILES string of the molecule is C[C@@H](N)c1ccc(-n2cnc3ccccc32)cc1. The van der Waals surface area contributed by atoms with Gasteiger partial charge in [-0.3, -0.25) is 4.57 Å². The number of imidazole rings is 1. The second-order valence-corrected chi connectivity index (χ2v) is 4.48. The lowest BCUT2D eigenvalue weighted by molar-refractivity contribution is 0.817. The van der Waals surface area contributed by atoms with E-state index >= 15 is 0 Å². The van der Waals surface area contributed by atoms with Crippen molar-refractivity contribution in [2.24, 2.45) is 5.73 Å². The highest BCUT2D eigenvalue weighted by atomic mass is 15.0. The van der Waals surface area contributed by atoms with Crippen LogP contribution in [0.1, 0.15) is 18.5 Å². The summed E-state index contributed by atoms with van der Waals surface area (Å²) in [5, 5.41) is 0. The predicted octanol–water partition coefficient (Wildman–Crippen LogP) is 3.05. The molecule has 3 aromatic rings. The van der Waals surface area contributed by atoms with Crippen LogP contribution in [0, 0.1) is 0 Å². The summed E-state index contributed by atoms with van der Waals surface area (Å²) in [6.07, 6.45) is 1.85. The Morgan fingerprint density at radius 3 is 2.50 bits per heavy atom. The fraction of sp³-hybridized carbons (Fsp3) is 0.133. The lowest BCUT2D eigenvalue weighted by Crippen LogP contribution is -2.04. The van der Waals surface area contributed by atoms with E-state index in [1.807, 2.05) is 31.5 Å². The summed E-state index contributed by atoms with van der Waals surface area (Å²) in [4.78, 5) is 4.39. The van der Waals surface area contributed by atoms with E-state index < -0.39 is 0 Å². The van der Waals surface area contributed by atoms with Crippen LogP contribution in [0.2, 0.25) is 0 Å². The van der Waals surface area contributed by atoms with E-state index in [0.29, 0.717) is 0 Å². The minimum Gasteiger partial charge on any atom is -0.324 e. The molecule has 3 nitrogen and oxygen atoms in total. The van der Waals surface area contributed by atoms with Gasteiger partial charge in [0.2, 0.25) is 0 Å². The molecule has 0 fully saturated rings. The zero-order valence-corrected chi connectivity index (χ0v) is 10.2. The summed E-state index contributed by atoms with van der Waals surface area (Å²) in [6, 6.07) is 16.5. The third kappa shape index (κ3) is 1.79. The molecule has 2 N–H and O–H groups in total. The van der Waals surface area contributed by atoms with Crippen molar-refractivity contribution in [1.82, 2.24) is 9.55 Å². The molecule has 1 atom stereocenters. The number of fused-ring (bicyclic) bond motifs is 1. The van der Waals surface area contributed by atoms with E-state index in [2.05, 4.69) is 39.9 Å². The lowest BCUT2D eigenvalue weighted by atomic mass is 10.1. The van der Waals surface area contributed by atoms with Crippen LogP contribution in [-0.2, 0) is 0 Å². The van der Waals surface area contributed by atoms with Gasteiger partial charge in [0.1, 0.15) is 6.33 Å². The second-order valence-electron chi connectivity index (χ2n) is 4.48. The predicted molar refractivity (Wildman–Crippen MR) is 73.7 cm³/mol. The number of para-hydroxylation sites is 2. The fourth-order valence-corrected chi connectivity index (χ4v) is 2.10. The van der Waals surface area contributed by atoms with Crippen molar-refractivity contribution in [1.29, 1.82) is 0 Å². The van der Waals surface area contributed by atoms with Crippen LogP contribution in [0.4, 0.5) is 0 Å². The molecule has 0 aliphatic rings. The minimum absolute atomic E-state index is 0.0681. The maximum Gasteiger partial charge on any atom is 0.100 e. The number of hydrogen-bond donors (Lipinski definition) is 1. The quantitative estimate of drug-likeness (QED) is 0.744. The van der Waals surface area contributed by atoms with Crippen molar-refractivity contribution in [3.8, 4) is 5.69 Å². The Morgan fingerprint density at radius 1 is 1.06 bits per heavy atom. The molecule has 0 spiro atoms. The second kappa shape index (κ2) is 4.27. The van der Waals surface area contributed by atoms with Crippen LogP contribution in [0.3, 0.4) is 0 Å². The summed E-state index contributed by atoms with van der Waals surface area (Å²) >= 11 is 0. The summed E-state index contributed by atoms with van der Waals surface area (Å²) in [5.74, 6) is 0. The molecule has 0 amide bonds. The van der Waals surface area contributed by atoms with Crippen molar-refractivity contribution in [3.05, 3.63) is 60.4 Å². The van der Waals surface area contributed by atoms with E-state index in [1.54, 1.807) is 0 Å². The topological polar surface area (TPSA) is 43.8 Å². The summed E-state index contributed by atoms with van der Waals surface area (Å²) in [5.41, 5.74) is 10.2. The first-order chi connectivity index (χ1) is 8.75. The first kappa shape index (κ1) is 11.0. The monoisotopic (exact) mass is 237 g/mol. The Balaban J connectivity index is 2.09. The number of aromatic nitrogens is 2. The zero-order chi connectivity index (χ0) is 12.5. The number of rotatable bonds is 2. The molecule has 0 saturated carbocycles. The molecule has 0 aliphatic carbocycles. The van der Waals surface area contributed by atoms with Gasteiger partial charge in [0.05, 0.1) is 11.0 Å². The molecule has 90 valence electrons. The minimum atomic E-state index is 0.0681. The molecule has 0 unspecified atom stereocenters. The van der Waals surface area contributed by atoms with Gasteiger partial charge in [-0.15, -0.1) is 0 Å². The lowest BCUT2D eigenvalue weighted by Gasteiger charge is -2.08. The van der Waals surface area contributed by atoms with Crippen LogP contribution < -0.4 is 5.73 Å². The van der Waals surface area contributed by atoms with E-state index in [-0.39, 0.29) is 6.04 Å². The Bertz CT molecular complexity index is 666. The smallest absolute Gasteiger partial charge is 0.100 e. The van der Waals surface area contributed by atoms with Crippen LogP contribution in [0.5, 0.6) is 0 Å². The molecule has 1 aromatic heterocycles. The van der Waals surface area contributed by atoms with Gasteiger partial charge in [-0.25, -0.2) is 4.98 Å². The molecule has 0 bridgehead atoms. The maximum atomic E-state index is 5.85.